The van der Waals surface area contributed by atoms with Gasteiger partial charge in [0.1, 0.15) is 0 Å². The average molecular weight is 333 g/mol. The van der Waals surface area contributed by atoms with E-state index in [0.717, 1.165) is 24.3 Å². The van der Waals surface area contributed by atoms with E-state index < -0.39 is 42.7 Å². The first-order valence-corrected chi connectivity index (χ1v) is 7.23. The molecule has 0 saturated heterocycles. The summed E-state index contributed by atoms with van der Waals surface area (Å²) < 4.78 is 25.1. The molecule has 2 aromatic rings. The van der Waals surface area contributed by atoms with Gasteiger partial charge >= 0.3 is 35.0 Å². The molecule has 0 atom stereocenters. The summed E-state index contributed by atoms with van der Waals surface area (Å²) in [6, 6.07) is 10.1. The standard InChI is InChI=1S/C14H10O6S.Mg.2H/c15-13(16)9-5-1-3-7-11(9)21(19,20)12-8-4-2-6-10(12)14(17)18;;;/h1-8H,(H,15,16)(H,17,18);;;/q;+2;2*-1. The molecule has 0 bridgehead atoms. The van der Waals surface area contributed by atoms with E-state index in [1.165, 1.54) is 24.3 Å². The van der Waals surface area contributed by atoms with E-state index in [1.54, 1.807) is 0 Å². The van der Waals surface area contributed by atoms with E-state index in [-0.39, 0.29) is 25.9 Å². The second kappa shape index (κ2) is 6.90. The first kappa shape index (κ1) is 18.1. The van der Waals surface area contributed by atoms with Gasteiger partial charge in [-0.2, -0.15) is 0 Å². The van der Waals surface area contributed by atoms with Crippen molar-refractivity contribution in [1.29, 1.82) is 0 Å². The Hall–Kier alpha value is -1.90. The Labute approximate surface area is 145 Å². The van der Waals surface area contributed by atoms with Crippen molar-refractivity contribution in [3.8, 4) is 0 Å². The van der Waals surface area contributed by atoms with Crippen LogP contribution in [0.15, 0.2) is 58.3 Å². The molecule has 0 heterocycles. The molecule has 2 rings (SSSR count). The molecule has 0 aliphatic heterocycles. The minimum absolute atomic E-state index is 0. The molecule has 0 spiro atoms. The summed E-state index contributed by atoms with van der Waals surface area (Å²) >= 11 is 0. The van der Waals surface area contributed by atoms with Crippen LogP contribution in [0.4, 0.5) is 0 Å². The van der Waals surface area contributed by atoms with E-state index in [9.17, 15) is 18.0 Å². The fraction of sp³-hybridized carbons (Fsp3) is 0. The minimum Gasteiger partial charge on any atom is -1.00 e. The van der Waals surface area contributed by atoms with Crippen molar-refractivity contribution >= 4 is 44.8 Å². The summed E-state index contributed by atoms with van der Waals surface area (Å²) in [6.45, 7) is 0. The van der Waals surface area contributed by atoms with Gasteiger partial charge in [-0.25, -0.2) is 18.0 Å². The summed E-state index contributed by atoms with van der Waals surface area (Å²) in [5.74, 6) is -2.80. The predicted octanol–water partition coefficient (Wildman–Crippen LogP) is 1.76. The van der Waals surface area contributed by atoms with E-state index >= 15 is 0 Å². The minimum atomic E-state index is -4.25. The third kappa shape index (κ3) is 3.29. The van der Waals surface area contributed by atoms with Gasteiger partial charge in [-0.1, -0.05) is 24.3 Å². The summed E-state index contributed by atoms with van der Waals surface area (Å²) in [5.41, 5.74) is -0.810. The van der Waals surface area contributed by atoms with Gasteiger partial charge in [0.2, 0.25) is 9.84 Å². The summed E-state index contributed by atoms with van der Waals surface area (Å²) in [4.78, 5) is 21.4. The smallest absolute Gasteiger partial charge is 1.00 e. The van der Waals surface area contributed by atoms with Crippen LogP contribution in [-0.2, 0) is 9.84 Å². The summed E-state index contributed by atoms with van der Waals surface area (Å²) in [5, 5.41) is 18.1. The third-order valence-electron chi connectivity index (χ3n) is 2.81. The van der Waals surface area contributed by atoms with Crippen molar-refractivity contribution in [2.75, 3.05) is 0 Å². The number of hydrogen-bond acceptors (Lipinski definition) is 4. The van der Waals surface area contributed by atoms with Gasteiger partial charge in [-0.15, -0.1) is 0 Å². The van der Waals surface area contributed by atoms with Crippen LogP contribution in [0.5, 0.6) is 0 Å². The van der Waals surface area contributed by atoms with E-state index in [4.69, 9.17) is 10.2 Å². The normalized spacial score (nSPS) is 10.5. The molecule has 0 aromatic heterocycles. The van der Waals surface area contributed by atoms with Crippen LogP contribution in [0.3, 0.4) is 0 Å². The van der Waals surface area contributed by atoms with Crippen LogP contribution in [0.25, 0.3) is 0 Å². The predicted molar refractivity (Wildman–Crippen MR) is 80.2 cm³/mol. The van der Waals surface area contributed by atoms with Gasteiger partial charge in [-0.3, -0.25) is 0 Å². The number of carboxylic acid groups (broad SMARTS) is 2. The zero-order chi connectivity index (χ0) is 15.6. The largest absolute Gasteiger partial charge is 2.00 e. The molecular weight excluding hydrogens is 321 g/mol. The second-order valence-electron chi connectivity index (χ2n) is 4.11. The molecule has 6 nitrogen and oxygen atoms in total. The number of rotatable bonds is 4. The fourth-order valence-electron chi connectivity index (χ4n) is 1.87. The number of sulfone groups is 1. The first-order valence-electron chi connectivity index (χ1n) is 5.75. The van der Waals surface area contributed by atoms with Gasteiger partial charge in [-0.05, 0) is 24.3 Å². The molecule has 8 heteroatoms. The van der Waals surface area contributed by atoms with E-state index in [0.29, 0.717) is 0 Å². The Morgan fingerprint density at radius 1 is 0.773 bits per heavy atom. The number of carboxylic acids is 2. The Balaban J connectivity index is 0. The van der Waals surface area contributed by atoms with Gasteiger partial charge in [0, 0.05) is 0 Å². The van der Waals surface area contributed by atoms with Crippen molar-refractivity contribution in [2.45, 2.75) is 9.79 Å². The molecule has 0 fully saturated rings. The van der Waals surface area contributed by atoms with E-state index in [2.05, 4.69) is 0 Å². The van der Waals surface area contributed by atoms with E-state index in [1.807, 2.05) is 0 Å². The van der Waals surface area contributed by atoms with Gasteiger partial charge < -0.3 is 13.1 Å². The van der Waals surface area contributed by atoms with Crippen molar-refractivity contribution in [3.63, 3.8) is 0 Å². The van der Waals surface area contributed by atoms with Gasteiger partial charge in [0.25, 0.3) is 0 Å². The Morgan fingerprint density at radius 3 is 1.41 bits per heavy atom. The quantitative estimate of drug-likeness (QED) is 0.826. The summed E-state index contributed by atoms with van der Waals surface area (Å²) in [6.07, 6.45) is 0. The van der Waals surface area contributed by atoms with Crippen molar-refractivity contribution in [3.05, 3.63) is 59.7 Å². The first-order chi connectivity index (χ1) is 9.85. The Kier molecular flexibility index (Phi) is 5.69. The monoisotopic (exact) mass is 332 g/mol. The molecule has 0 radical (unpaired) electrons. The maximum Gasteiger partial charge on any atom is 2.00 e. The number of aromatic carboxylic acids is 2. The third-order valence-corrected chi connectivity index (χ3v) is 4.68. The summed E-state index contributed by atoms with van der Waals surface area (Å²) in [7, 11) is -4.25. The number of carbonyl (C=O) groups is 2. The van der Waals surface area contributed by atoms with Crippen molar-refractivity contribution < 1.29 is 31.1 Å². The molecule has 0 amide bonds. The molecule has 0 unspecified atom stereocenters. The van der Waals surface area contributed by atoms with Crippen LogP contribution < -0.4 is 0 Å². The number of benzene rings is 2. The Bertz CT molecular complexity index is 775. The molecule has 0 aliphatic rings. The van der Waals surface area contributed by atoms with Crippen molar-refractivity contribution in [1.82, 2.24) is 0 Å². The van der Waals surface area contributed by atoms with Crippen LogP contribution in [-0.4, -0.2) is 53.6 Å². The molecule has 0 saturated carbocycles. The molecule has 2 N–H and O–H groups in total. The molecule has 0 aliphatic carbocycles. The zero-order valence-corrected chi connectivity index (χ0v) is 13.5. The topological polar surface area (TPSA) is 109 Å². The maximum absolute atomic E-state index is 12.6. The number of hydrogen-bond donors (Lipinski definition) is 2. The molecule has 2 aromatic carbocycles. The second-order valence-corrected chi connectivity index (χ2v) is 5.99. The van der Waals surface area contributed by atoms with Gasteiger partial charge in [0.05, 0.1) is 20.9 Å². The average Bonchev–Trinajstić information content (AvgIpc) is 2.47. The van der Waals surface area contributed by atoms with Crippen molar-refractivity contribution in [2.24, 2.45) is 0 Å². The van der Waals surface area contributed by atoms with Crippen LogP contribution in [0.2, 0.25) is 0 Å². The van der Waals surface area contributed by atoms with Crippen LogP contribution >= 0.6 is 0 Å². The molecular formula is C14H12MgO6S. The fourth-order valence-corrected chi connectivity index (χ4v) is 3.52. The van der Waals surface area contributed by atoms with Crippen LogP contribution in [0.1, 0.15) is 23.6 Å². The maximum atomic E-state index is 12.6. The Morgan fingerprint density at radius 2 is 1.09 bits per heavy atom. The SMILES string of the molecule is O=C(O)c1ccccc1S(=O)(=O)c1ccccc1C(=O)O.[H-].[H-].[Mg+2]. The molecule has 22 heavy (non-hydrogen) atoms. The zero-order valence-electron chi connectivity index (χ0n) is 13.3. The molecule has 112 valence electrons. The van der Waals surface area contributed by atoms with Gasteiger partial charge in [0.15, 0.2) is 0 Å². The van der Waals surface area contributed by atoms with Crippen LogP contribution in [0, 0.1) is 0 Å².